The summed E-state index contributed by atoms with van der Waals surface area (Å²) in [6, 6.07) is 3.01. The second-order valence-electron chi connectivity index (χ2n) is 4.68. The minimum absolute atomic E-state index is 0.206. The first-order valence-corrected chi connectivity index (χ1v) is 7.25. The molecule has 3 nitrogen and oxygen atoms in total. The predicted octanol–water partition coefficient (Wildman–Crippen LogP) is 2.46. The third kappa shape index (κ3) is 4.48. The molecule has 1 unspecified atom stereocenters. The van der Waals surface area contributed by atoms with E-state index in [-0.39, 0.29) is 5.91 Å². The van der Waals surface area contributed by atoms with E-state index in [1.807, 2.05) is 0 Å². The van der Waals surface area contributed by atoms with Crippen molar-refractivity contribution in [1.82, 2.24) is 10.6 Å². The Morgan fingerprint density at radius 2 is 2.41 bits per heavy atom. The summed E-state index contributed by atoms with van der Waals surface area (Å²) in [6.07, 6.45) is 3.88. The average Bonchev–Trinajstić information content (AvgIpc) is 2.96. The summed E-state index contributed by atoms with van der Waals surface area (Å²) in [5.41, 5.74) is 1.33. The average molecular weight is 252 g/mol. The fraction of sp³-hybridized carbons (Fsp3) is 0.615. The molecule has 94 valence electrons. The van der Waals surface area contributed by atoms with Crippen LogP contribution in [0.1, 0.15) is 44.2 Å². The van der Waals surface area contributed by atoms with Gasteiger partial charge < -0.3 is 10.6 Å². The summed E-state index contributed by atoms with van der Waals surface area (Å²) >= 11 is 1.72. The standard InChI is InChI=1S/C13H20N2OS/c1-10(11-6-8-17-9-11)14-7-2-3-13(16)15-12-4-5-12/h6,8-10,12,14H,2-5,7H2,1H3,(H,15,16). The molecule has 2 rings (SSSR count). The van der Waals surface area contributed by atoms with Crippen molar-refractivity contribution in [2.45, 2.75) is 44.7 Å². The molecule has 0 radical (unpaired) electrons. The number of carbonyl (C=O) groups excluding carboxylic acids is 1. The minimum Gasteiger partial charge on any atom is -0.353 e. The SMILES string of the molecule is CC(NCCCC(=O)NC1CC1)c1ccsc1. The summed E-state index contributed by atoms with van der Waals surface area (Å²) in [4.78, 5) is 11.4. The molecule has 17 heavy (non-hydrogen) atoms. The zero-order valence-corrected chi connectivity index (χ0v) is 11.1. The molecule has 4 heteroatoms. The van der Waals surface area contributed by atoms with Crippen LogP contribution in [0.25, 0.3) is 0 Å². The van der Waals surface area contributed by atoms with E-state index in [0.29, 0.717) is 18.5 Å². The normalized spacial score (nSPS) is 16.8. The number of hydrogen-bond donors (Lipinski definition) is 2. The predicted molar refractivity (Wildman–Crippen MR) is 71.1 cm³/mol. The Morgan fingerprint density at radius 1 is 1.59 bits per heavy atom. The molecule has 1 saturated carbocycles. The number of carbonyl (C=O) groups is 1. The summed E-state index contributed by atoms with van der Waals surface area (Å²) in [6.45, 7) is 3.06. The van der Waals surface area contributed by atoms with Gasteiger partial charge >= 0.3 is 0 Å². The van der Waals surface area contributed by atoms with Gasteiger partial charge in [-0.25, -0.2) is 0 Å². The topological polar surface area (TPSA) is 41.1 Å². The van der Waals surface area contributed by atoms with Crippen LogP contribution in [0, 0.1) is 0 Å². The van der Waals surface area contributed by atoms with Gasteiger partial charge in [-0.2, -0.15) is 11.3 Å². The minimum atomic E-state index is 0.206. The van der Waals surface area contributed by atoms with Gasteiger partial charge in [0.2, 0.25) is 5.91 Å². The lowest BCUT2D eigenvalue weighted by atomic mass is 10.2. The Balaban J connectivity index is 1.54. The van der Waals surface area contributed by atoms with Crippen LogP contribution in [0.15, 0.2) is 16.8 Å². The fourth-order valence-corrected chi connectivity index (χ4v) is 2.49. The van der Waals surface area contributed by atoms with Crippen molar-refractivity contribution in [2.75, 3.05) is 6.54 Å². The Morgan fingerprint density at radius 3 is 3.06 bits per heavy atom. The Labute approximate surface area is 107 Å². The van der Waals surface area contributed by atoms with Gasteiger partial charge in [-0.15, -0.1) is 0 Å². The maximum absolute atomic E-state index is 11.4. The van der Waals surface area contributed by atoms with Gasteiger partial charge in [-0.1, -0.05) is 0 Å². The van der Waals surface area contributed by atoms with Gasteiger partial charge in [0, 0.05) is 18.5 Å². The van der Waals surface area contributed by atoms with Gasteiger partial charge in [0.15, 0.2) is 0 Å². The van der Waals surface area contributed by atoms with E-state index >= 15 is 0 Å². The molecule has 1 amide bonds. The summed E-state index contributed by atoms with van der Waals surface area (Å²) < 4.78 is 0. The van der Waals surface area contributed by atoms with Crippen LogP contribution in [0.5, 0.6) is 0 Å². The summed E-state index contributed by atoms with van der Waals surface area (Å²) in [5, 5.41) is 10.7. The molecule has 1 aromatic rings. The second kappa shape index (κ2) is 6.17. The molecule has 0 bridgehead atoms. The van der Waals surface area contributed by atoms with Gasteiger partial charge in [0.05, 0.1) is 0 Å². The number of amides is 1. The van der Waals surface area contributed by atoms with Crippen LogP contribution < -0.4 is 10.6 Å². The highest BCUT2D eigenvalue weighted by molar-refractivity contribution is 7.07. The summed E-state index contributed by atoms with van der Waals surface area (Å²) in [7, 11) is 0. The Kier molecular flexibility index (Phi) is 4.57. The molecule has 1 atom stereocenters. The Hall–Kier alpha value is -0.870. The molecule has 1 aliphatic rings. The van der Waals surface area contributed by atoms with E-state index in [1.165, 1.54) is 18.4 Å². The van der Waals surface area contributed by atoms with Crippen molar-refractivity contribution in [3.63, 3.8) is 0 Å². The van der Waals surface area contributed by atoms with Gasteiger partial charge in [-0.3, -0.25) is 4.79 Å². The van der Waals surface area contributed by atoms with Crippen molar-refractivity contribution < 1.29 is 4.79 Å². The van der Waals surface area contributed by atoms with E-state index in [2.05, 4.69) is 34.4 Å². The lowest BCUT2D eigenvalue weighted by Gasteiger charge is -2.12. The van der Waals surface area contributed by atoms with Crippen molar-refractivity contribution >= 4 is 17.2 Å². The smallest absolute Gasteiger partial charge is 0.220 e. The highest BCUT2D eigenvalue weighted by Gasteiger charge is 2.22. The lowest BCUT2D eigenvalue weighted by molar-refractivity contribution is -0.121. The molecule has 0 saturated heterocycles. The molecular weight excluding hydrogens is 232 g/mol. The first-order valence-electron chi connectivity index (χ1n) is 6.30. The Bertz CT molecular complexity index is 346. The van der Waals surface area contributed by atoms with Gasteiger partial charge in [0.1, 0.15) is 0 Å². The molecular formula is C13H20N2OS. The van der Waals surface area contributed by atoms with E-state index in [1.54, 1.807) is 11.3 Å². The highest BCUT2D eigenvalue weighted by atomic mass is 32.1. The molecule has 1 heterocycles. The van der Waals surface area contributed by atoms with Crippen molar-refractivity contribution in [2.24, 2.45) is 0 Å². The fourth-order valence-electron chi connectivity index (χ4n) is 1.73. The molecule has 0 aliphatic heterocycles. The van der Waals surface area contributed by atoms with Crippen molar-refractivity contribution in [3.8, 4) is 0 Å². The van der Waals surface area contributed by atoms with Crippen LogP contribution in [-0.2, 0) is 4.79 Å². The van der Waals surface area contributed by atoms with E-state index < -0.39 is 0 Å². The zero-order chi connectivity index (χ0) is 12.1. The van der Waals surface area contributed by atoms with Crippen molar-refractivity contribution in [3.05, 3.63) is 22.4 Å². The van der Waals surface area contributed by atoms with E-state index in [9.17, 15) is 4.79 Å². The first kappa shape index (κ1) is 12.6. The van der Waals surface area contributed by atoms with Crippen LogP contribution in [0.2, 0.25) is 0 Å². The van der Waals surface area contributed by atoms with Gasteiger partial charge in [-0.05, 0) is 55.1 Å². The van der Waals surface area contributed by atoms with Crippen LogP contribution in [0.4, 0.5) is 0 Å². The third-order valence-corrected chi connectivity index (χ3v) is 3.72. The largest absolute Gasteiger partial charge is 0.353 e. The summed E-state index contributed by atoms with van der Waals surface area (Å²) in [5.74, 6) is 0.206. The monoisotopic (exact) mass is 252 g/mol. The van der Waals surface area contributed by atoms with E-state index in [4.69, 9.17) is 0 Å². The highest BCUT2D eigenvalue weighted by Crippen LogP contribution is 2.18. The number of rotatable bonds is 7. The molecule has 2 N–H and O–H groups in total. The molecule has 0 spiro atoms. The van der Waals surface area contributed by atoms with E-state index in [0.717, 1.165) is 13.0 Å². The molecule has 1 fully saturated rings. The number of hydrogen-bond acceptors (Lipinski definition) is 3. The second-order valence-corrected chi connectivity index (χ2v) is 5.46. The first-order chi connectivity index (χ1) is 8.25. The molecule has 0 aromatic carbocycles. The number of thiophene rings is 1. The number of nitrogens with one attached hydrogen (secondary N) is 2. The quantitative estimate of drug-likeness (QED) is 0.732. The maximum atomic E-state index is 11.4. The lowest BCUT2D eigenvalue weighted by Crippen LogP contribution is -2.27. The zero-order valence-electron chi connectivity index (χ0n) is 10.2. The maximum Gasteiger partial charge on any atom is 0.220 e. The van der Waals surface area contributed by atoms with Crippen LogP contribution >= 0.6 is 11.3 Å². The molecule has 1 aliphatic carbocycles. The van der Waals surface area contributed by atoms with Crippen LogP contribution in [-0.4, -0.2) is 18.5 Å². The third-order valence-electron chi connectivity index (χ3n) is 3.02. The van der Waals surface area contributed by atoms with Crippen LogP contribution in [0.3, 0.4) is 0 Å². The van der Waals surface area contributed by atoms with Crippen molar-refractivity contribution in [1.29, 1.82) is 0 Å². The molecule has 1 aromatic heterocycles. The van der Waals surface area contributed by atoms with Gasteiger partial charge in [0.25, 0.3) is 0 Å².